The monoisotopic (exact) mass is 322 g/mol. The smallest absolute Gasteiger partial charge is 0.332 e. The molecule has 0 aliphatic rings. The maximum Gasteiger partial charge on any atom is 0.332 e. The molecule has 2 rings (SSSR count). The van der Waals surface area contributed by atoms with Crippen LogP contribution in [0.2, 0.25) is 0 Å². The van der Waals surface area contributed by atoms with Crippen molar-refractivity contribution in [2.75, 3.05) is 0 Å². The van der Waals surface area contributed by atoms with Gasteiger partial charge >= 0.3 is 5.69 Å². The first-order valence-electron chi connectivity index (χ1n) is 8.15. The van der Waals surface area contributed by atoms with Crippen molar-refractivity contribution in [3.63, 3.8) is 0 Å². The minimum Gasteiger partial charge on any atom is -0.393 e. The fourth-order valence-electron chi connectivity index (χ4n) is 2.74. The highest BCUT2D eigenvalue weighted by Gasteiger charge is 2.16. The van der Waals surface area contributed by atoms with Gasteiger partial charge in [0.1, 0.15) is 0 Å². The third-order valence-corrected chi connectivity index (χ3v) is 3.92. The summed E-state index contributed by atoms with van der Waals surface area (Å²) < 4.78 is 4.54. The van der Waals surface area contributed by atoms with Gasteiger partial charge in [-0.2, -0.15) is 0 Å². The minimum atomic E-state index is -0.324. The maximum absolute atomic E-state index is 12.7. The Bertz CT molecular complexity index is 783. The number of unbranched alkanes of at least 4 members (excludes halogenated alkanes) is 1. The van der Waals surface area contributed by atoms with Crippen LogP contribution in [-0.2, 0) is 20.1 Å². The van der Waals surface area contributed by atoms with Gasteiger partial charge in [0.2, 0.25) is 0 Å². The van der Waals surface area contributed by atoms with Crippen molar-refractivity contribution < 1.29 is 5.11 Å². The molecular formula is C16H26N4O3. The van der Waals surface area contributed by atoms with E-state index < -0.39 is 0 Å². The highest BCUT2D eigenvalue weighted by atomic mass is 16.3. The number of aromatic nitrogens is 4. The Balaban J connectivity index is 2.39. The lowest BCUT2D eigenvalue weighted by Gasteiger charge is -2.11. The molecule has 1 atom stereocenters. The van der Waals surface area contributed by atoms with Crippen molar-refractivity contribution in [2.24, 2.45) is 13.0 Å². The van der Waals surface area contributed by atoms with Gasteiger partial charge in [0.25, 0.3) is 5.56 Å². The van der Waals surface area contributed by atoms with Crippen molar-refractivity contribution >= 4 is 11.2 Å². The number of hydrogen-bond donors (Lipinski definition) is 1. The second-order valence-corrected chi connectivity index (χ2v) is 6.61. The molecule has 0 amide bonds. The summed E-state index contributed by atoms with van der Waals surface area (Å²) in [5, 5.41) is 9.30. The molecule has 7 nitrogen and oxygen atoms in total. The number of aryl methyl sites for hydroxylation is 2. The summed E-state index contributed by atoms with van der Waals surface area (Å²) in [5.41, 5.74) is 0.306. The van der Waals surface area contributed by atoms with Crippen LogP contribution in [0.15, 0.2) is 15.9 Å². The van der Waals surface area contributed by atoms with E-state index in [4.69, 9.17) is 0 Å². The first-order chi connectivity index (χ1) is 10.8. The van der Waals surface area contributed by atoms with Gasteiger partial charge in [0, 0.05) is 20.1 Å². The SMILES string of the molecule is CC(C)Cn1c(=O)c2c(ncn2CCCCC(C)O)n(C)c1=O. The molecule has 7 heteroatoms. The zero-order chi connectivity index (χ0) is 17.1. The van der Waals surface area contributed by atoms with E-state index in [1.807, 2.05) is 18.4 Å². The van der Waals surface area contributed by atoms with Crippen LogP contribution in [0, 0.1) is 5.92 Å². The molecule has 0 saturated carbocycles. The molecule has 23 heavy (non-hydrogen) atoms. The molecular weight excluding hydrogens is 296 g/mol. The molecule has 0 radical (unpaired) electrons. The number of fused-ring (bicyclic) bond motifs is 1. The van der Waals surface area contributed by atoms with Crippen LogP contribution in [0.1, 0.15) is 40.0 Å². The number of aliphatic hydroxyl groups excluding tert-OH is 1. The topological polar surface area (TPSA) is 82.0 Å². The molecule has 2 aromatic rings. The Kier molecular flexibility index (Phi) is 5.41. The third-order valence-electron chi connectivity index (χ3n) is 3.92. The summed E-state index contributed by atoms with van der Waals surface area (Å²) in [6.07, 6.45) is 3.78. The molecule has 128 valence electrons. The number of aliphatic hydroxyl groups is 1. The molecule has 1 unspecified atom stereocenters. The molecule has 0 bridgehead atoms. The zero-order valence-corrected chi connectivity index (χ0v) is 14.3. The van der Waals surface area contributed by atoms with Gasteiger partial charge in [0.15, 0.2) is 11.2 Å². The zero-order valence-electron chi connectivity index (χ0n) is 14.3. The first-order valence-corrected chi connectivity index (χ1v) is 8.15. The molecule has 0 fully saturated rings. The number of hydrogen-bond acceptors (Lipinski definition) is 4. The molecule has 1 N–H and O–H groups in total. The van der Waals surface area contributed by atoms with E-state index in [9.17, 15) is 14.7 Å². The van der Waals surface area contributed by atoms with Crippen LogP contribution >= 0.6 is 0 Å². The Labute approximate surface area is 135 Å². The van der Waals surface area contributed by atoms with Crippen molar-refractivity contribution in [3.8, 4) is 0 Å². The lowest BCUT2D eigenvalue weighted by Crippen LogP contribution is -2.40. The molecule has 2 heterocycles. The average Bonchev–Trinajstić information content (AvgIpc) is 2.89. The quantitative estimate of drug-likeness (QED) is 0.774. The Morgan fingerprint density at radius 1 is 1.22 bits per heavy atom. The van der Waals surface area contributed by atoms with Gasteiger partial charge in [-0.05, 0) is 32.1 Å². The van der Waals surface area contributed by atoms with E-state index in [1.54, 1.807) is 20.3 Å². The van der Waals surface area contributed by atoms with Crippen LogP contribution in [0.25, 0.3) is 11.2 Å². The van der Waals surface area contributed by atoms with Crippen molar-refractivity contribution in [3.05, 3.63) is 27.2 Å². The van der Waals surface area contributed by atoms with E-state index in [0.29, 0.717) is 24.3 Å². The summed E-state index contributed by atoms with van der Waals surface area (Å²) in [4.78, 5) is 29.3. The van der Waals surface area contributed by atoms with Gasteiger partial charge in [0.05, 0.1) is 12.4 Å². The first kappa shape index (κ1) is 17.5. The van der Waals surface area contributed by atoms with Crippen LogP contribution in [0.4, 0.5) is 0 Å². The summed E-state index contributed by atoms with van der Waals surface area (Å²) in [6, 6.07) is 0. The summed E-state index contributed by atoms with van der Waals surface area (Å²) in [5.74, 6) is 0.209. The van der Waals surface area contributed by atoms with Gasteiger partial charge in [-0.1, -0.05) is 13.8 Å². The van der Waals surface area contributed by atoms with E-state index in [0.717, 1.165) is 19.3 Å². The molecule has 0 aromatic carbocycles. The normalized spacial score (nSPS) is 13.1. The fourth-order valence-corrected chi connectivity index (χ4v) is 2.74. The highest BCUT2D eigenvalue weighted by Crippen LogP contribution is 2.09. The average molecular weight is 322 g/mol. The predicted molar refractivity (Wildman–Crippen MR) is 89.6 cm³/mol. The molecule has 0 aliphatic carbocycles. The summed E-state index contributed by atoms with van der Waals surface area (Å²) in [7, 11) is 1.64. The number of imidazole rings is 1. The Morgan fingerprint density at radius 3 is 2.52 bits per heavy atom. The van der Waals surface area contributed by atoms with Crippen LogP contribution in [0.5, 0.6) is 0 Å². The van der Waals surface area contributed by atoms with Crippen LogP contribution in [0.3, 0.4) is 0 Å². The number of nitrogens with zero attached hydrogens (tertiary/aromatic N) is 4. The maximum atomic E-state index is 12.7. The summed E-state index contributed by atoms with van der Waals surface area (Å²) >= 11 is 0. The van der Waals surface area contributed by atoms with Gasteiger partial charge in [-0.3, -0.25) is 13.9 Å². The minimum absolute atomic E-state index is 0.209. The van der Waals surface area contributed by atoms with Crippen molar-refractivity contribution in [1.29, 1.82) is 0 Å². The van der Waals surface area contributed by atoms with Crippen LogP contribution < -0.4 is 11.2 Å². The highest BCUT2D eigenvalue weighted by molar-refractivity contribution is 5.69. The second-order valence-electron chi connectivity index (χ2n) is 6.61. The predicted octanol–water partition coefficient (Wildman–Crippen LogP) is 1.10. The molecule has 0 spiro atoms. The lowest BCUT2D eigenvalue weighted by molar-refractivity contribution is 0.180. The molecule has 2 aromatic heterocycles. The standard InChI is InChI=1S/C16H26N4O3/c1-11(2)9-20-15(22)13-14(18(4)16(20)23)17-10-19(13)8-6-5-7-12(3)21/h10-12,21H,5-9H2,1-4H3. The lowest BCUT2D eigenvalue weighted by atomic mass is 10.2. The van der Waals surface area contributed by atoms with E-state index in [1.165, 1.54) is 9.13 Å². The third kappa shape index (κ3) is 3.72. The Hall–Kier alpha value is -1.89. The van der Waals surface area contributed by atoms with E-state index in [2.05, 4.69) is 4.98 Å². The molecule has 0 saturated heterocycles. The van der Waals surface area contributed by atoms with E-state index >= 15 is 0 Å². The van der Waals surface area contributed by atoms with Gasteiger partial charge in [-0.25, -0.2) is 9.78 Å². The largest absolute Gasteiger partial charge is 0.393 e. The van der Waals surface area contributed by atoms with Crippen LogP contribution in [-0.4, -0.2) is 29.9 Å². The fraction of sp³-hybridized carbons (Fsp3) is 0.688. The van der Waals surface area contributed by atoms with Crippen molar-refractivity contribution in [2.45, 2.75) is 59.2 Å². The summed E-state index contributed by atoms with van der Waals surface area (Å²) in [6.45, 7) is 6.77. The Morgan fingerprint density at radius 2 is 1.91 bits per heavy atom. The van der Waals surface area contributed by atoms with Crippen molar-refractivity contribution in [1.82, 2.24) is 18.7 Å². The van der Waals surface area contributed by atoms with Gasteiger partial charge in [-0.15, -0.1) is 0 Å². The van der Waals surface area contributed by atoms with E-state index in [-0.39, 0.29) is 23.3 Å². The van der Waals surface area contributed by atoms with Gasteiger partial charge < -0.3 is 9.67 Å². The number of rotatable bonds is 7. The second kappa shape index (κ2) is 7.12. The molecule has 0 aliphatic heterocycles.